The first-order chi connectivity index (χ1) is 7.50. The summed E-state index contributed by atoms with van der Waals surface area (Å²) in [5.41, 5.74) is -0.108. The lowest BCUT2D eigenvalue weighted by Crippen LogP contribution is -2.38. The van der Waals surface area contributed by atoms with E-state index in [1.165, 1.54) is 12.1 Å². The van der Waals surface area contributed by atoms with Crippen LogP contribution in [0, 0.1) is 0 Å². The Labute approximate surface area is 93.7 Å². The Morgan fingerprint density at radius 3 is 2.75 bits per heavy atom. The van der Waals surface area contributed by atoms with Gasteiger partial charge in [-0.1, -0.05) is 0 Å². The maximum absolute atomic E-state index is 11.6. The van der Waals surface area contributed by atoms with Crippen LogP contribution in [-0.4, -0.2) is 47.7 Å². The molecule has 0 aliphatic rings. The molecule has 16 heavy (non-hydrogen) atoms. The first-order valence-corrected chi connectivity index (χ1v) is 5.01. The van der Waals surface area contributed by atoms with Crippen molar-refractivity contribution in [1.29, 1.82) is 0 Å². The second-order valence-corrected chi connectivity index (χ2v) is 3.83. The highest BCUT2D eigenvalue weighted by Crippen LogP contribution is 1.92. The topological polar surface area (TPSA) is 78.1 Å². The van der Waals surface area contributed by atoms with Gasteiger partial charge in [-0.15, -0.1) is 0 Å². The summed E-state index contributed by atoms with van der Waals surface area (Å²) in [7, 11) is 3.88. The van der Waals surface area contributed by atoms with Crippen LogP contribution in [-0.2, 0) is 0 Å². The average Bonchev–Trinajstić information content (AvgIpc) is 2.26. The van der Waals surface area contributed by atoms with Gasteiger partial charge < -0.3 is 10.2 Å². The molecule has 1 aromatic heterocycles. The van der Waals surface area contributed by atoms with Gasteiger partial charge >= 0.3 is 0 Å². The van der Waals surface area contributed by atoms with E-state index in [4.69, 9.17) is 0 Å². The van der Waals surface area contributed by atoms with Crippen LogP contribution in [0.25, 0.3) is 0 Å². The number of carbonyl (C=O) groups excluding carboxylic acids is 1. The van der Waals surface area contributed by atoms with E-state index in [9.17, 15) is 9.59 Å². The van der Waals surface area contributed by atoms with E-state index >= 15 is 0 Å². The number of nitrogens with zero attached hydrogens (tertiary/aromatic N) is 2. The van der Waals surface area contributed by atoms with Crippen LogP contribution in [0.2, 0.25) is 0 Å². The van der Waals surface area contributed by atoms with Crippen molar-refractivity contribution in [1.82, 2.24) is 20.4 Å². The summed E-state index contributed by atoms with van der Waals surface area (Å²) >= 11 is 0. The van der Waals surface area contributed by atoms with Gasteiger partial charge in [0.2, 0.25) is 0 Å². The minimum Gasteiger partial charge on any atom is -0.349 e. The second kappa shape index (κ2) is 5.41. The predicted octanol–water partition coefficient (Wildman–Crippen LogP) is -0.550. The summed E-state index contributed by atoms with van der Waals surface area (Å²) in [6.07, 6.45) is 0. The fraction of sp³-hybridized carbons (Fsp3) is 0.500. The molecule has 0 radical (unpaired) electrons. The molecule has 0 fully saturated rings. The molecule has 1 heterocycles. The number of carbonyl (C=O) groups is 1. The van der Waals surface area contributed by atoms with E-state index in [-0.39, 0.29) is 23.2 Å². The molecule has 6 heteroatoms. The summed E-state index contributed by atoms with van der Waals surface area (Å²) < 4.78 is 0. The van der Waals surface area contributed by atoms with Gasteiger partial charge in [0.05, 0.1) is 0 Å². The van der Waals surface area contributed by atoms with Crippen LogP contribution in [0.1, 0.15) is 17.4 Å². The van der Waals surface area contributed by atoms with E-state index in [0.717, 1.165) is 0 Å². The third-order valence-corrected chi connectivity index (χ3v) is 2.35. The molecular weight excluding hydrogens is 208 g/mol. The quantitative estimate of drug-likeness (QED) is 0.719. The number of aromatic amines is 1. The zero-order chi connectivity index (χ0) is 12.1. The van der Waals surface area contributed by atoms with Crippen LogP contribution in [0.4, 0.5) is 0 Å². The van der Waals surface area contributed by atoms with Crippen molar-refractivity contribution < 1.29 is 4.79 Å². The van der Waals surface area contributed by atoms with Crippen LogP contribution in [0.5, 0.6) is 0 Å². The van der Waals surface area contributed by atoms with Crippen LogP contribution < -0.4 is 10.9 Å². The van der Waals surface area contributed by atoms with Crippen LogP contribution in [0.15, 0.2) is 16.9 Å². The monoisotopic (exact) mass is 224 g/mol. The highest BCUT2D eigenvalue weighted by Gasteiger charge is 2.09. The largest absolute Gasteiger partial charge is 0.349 e. The van der Waals surface area contributed by atoms with Crippen molar-refractivity contribution in [3.8, 4) is 0 Å². The Hall–Kier alpha value is -1.69. The molecule has 1 unspecified atom stereocenters. The molecule has 0 aromatic carbocycles. The summed E-state index contributed by atoms with van der Waals surface area (Å²) in [5, 5.41) is 8.59. The lowest BCUT2D eigenvalue weighted by Gasteiger charge is -2.19. The lowest BCUT2D eigenvalue weighted by atomic mass is 10.3. The van der Waals surface area contributed by atoms with Gasteiger partial charge in [0.25, 0.3) is 11.5 Å². The molecule has 0 aliphatic heterocycles. The molecular formula is C10H16N4O2. The maximum Gasteiger partial charge on any atom is 0.271 e. The highest BCUT2D eigenvalue weighted by atomic mass is 16.2. The molecule has 88 valence electrons. The van der Waals surface area contributed by atoms with E-state index in [1.54, 1.807) is 0 Å². The predicted molar refractivity (Wildman–Crippen MR) is 60.3 cm³/mol. The Bertz CT molecular complexity index is 393. The molecule has 1 rings (SSSR count). The average molecular weight is 224 g/mol. The van der Waals surface area contributed by atoms with Crippen molar-refractivity contribution in [2.24, 2.45) is 0 Å². The number of nitrogens with one attached hydrogen (secondary N) is 2. The smallest absolute Gasteiger partial charge is 0.271 e. The zero-order valence-corrected chi connectivity index (χ0v) is 9.65. The minimum atomic E-state index is -0.321. The number of rotatable bonds is 4. The minimum absolute atomic E-state index is 0.213. The molecule has 0 bridgehead atoms. The first-order valence-electron chi connectivity index (χ1n) is 5.01. The van der Waals surface area contributed by atoms with Gasteiger partial charge in [-0.25, -0.2) is 5.10 Å². The Kier molecular flexibility index (Phi) is 4.19. The molecule has 1 amide bonds. The Morgan fingerprint density at radius 2 is 2.25 bits per heavy atom. The number of likely N-dealkylation sites (N-methyl/N-ethyl adjacent to an activating group) is 1. The van der Waals surface area contributed by atoms with Crippen molar-refractivity contribution >= 4 is 5.91 Å². The van der Waals surface area contributed by atoms with Crippen molar-refractivity contribution in [3.05, 3.63) is 28.2 Å². The van der Waals surface area contributed by atoms with E-state index < -0.39 is 0 Å². The number of hydrogen-bond acceptors (Lipinski definition) is 4. The maximum atomic E-state index is 11.6. The SMILES string of the molecule is CC(CNC(=O)c1ccc(=O)[nH]n1)N(C)C. The van der Waals surface area contributed by atoms with E-state index in [0.29, 0.717) is 6.54 Å². The molecule has 0 aliphatic carbocycles. The third kappa shape index (κ3) is 3.47. The third-order valence-electron chi connectivity index (χ3n) is 2.35. The van der Waals surface area contributed by atoms with Gasteiger partial charge in [-0.2, -0.15) is 5.10 Å². The van der Waals surface area contributed by atoms with Gasteiger partial charge in [0.1, 0.15) is 5.69 Å². The number of hydrogen-bond donors (Lipinski definition) is 2. The normalized spacial score (nSPS) is 12.5. The molecule has 0 saturated carbocycles. The van der Waals surface area contributed by atoms with Crippen molar-refractivity contribution in [2.45, 2.75) is 13.0 Å². The molecule has 6 nitrogen and oxygen atoms in total. The zero-order valence-electron chi connectivity index (χ0n) is 9.65. The fourth-order valence-electron chi connectivity index (χ4n) is 0.984. The summed E-state index contributed by atoms with van der Waals surface area (Å²) in [5.74, 6) is -0.287. The number of amides is 1. The molecule has 1 aromatic rings. The van der Waals surface area contributed by atoms with Crippen molar-refractivity contribution in [2.75, 3.05) is 20.6 Å². The standard InChI is InChI=1S/C10H16N4O2/c1-7(14(2)3)6-11-10(16)8-4-5-9(15)13-12-8/h4-5,7H,6H2,1-3H3,(H,11,16)(H,13,15). The van der Waals surface area contributed by atoms with Crippen LogP contribution >= 0.6 is 0 Å². The molecule has 0 spiro atoms. The van der Waals surface area contributed by atoms with E-state index in [2.05, 4.69) is 15.5 Å². The van der Waals surface area contributed by atoms with Crippen molar-refractivity contribution in [3.63, 3.8) is 0 Å². The number of aromatic nitrogens is 2. The van der Waals surface area contributed by atoms with Gasteiger partial charge in [-0.05, 0) is 27.1 Å². The first kappa shape index (κ1) is 12.4. The number of H-pyrrole nitrogens is 1. The summed E-state index contributed by atoms with van der Waals surface area (Å²) in [6.45, 7) is 2.53. The molecule has 1 atom stereocenters. The summed E-state index contributed by atoms with van der Waals surface area (Å²) in [4.78, 5) is 24.3. The fourth-order valence-corrected chi connectivity index (χ4v) is 0.984. The highest BCUT2D eigenvalue weighted by molar-refractivity contribution is 5.91. The van der Waals surface area contributed by atoms with Gasteiger partial charge in [-0.3, -0.25) is 9.59 Å². The molecule has 2 N–H and O–H groups in total. The Balaban J connectivity index is 2.53. The second-order valence-electron chi connectivity index (χ2n) is 3.83. The van der Waals surface area contributed by atoms with Gasteiger partial charge in [0.15, 0.2) is 0 Å². The van der Waals surface area contributed by atoms with Crippen LogP contribution in [0.3, 0.4) is 0 Å². The van der Waals surface area contributed by atoms with Gasteiger partial charge in [0, 0.05) is 18.7 Å². The molecule has 0 saturated heterocycles. The summed E-state index contributed by atoms with van der Waals surface area (Å²) in [6, 6.07) is 2.91. The van der Waals surface area contributed by atoms with E-state index in [1.807, 2.05) is 25.9 Å². The lowest BCUT2D eigenvalue weighted by molar-refractivity contribution is 0.0937. The Morgan fingerprint density at radius 1 is 1.56 bits per heavy atom.